The van der Waals surface area contributed by atoms with Crippen LogP contribution >= 0.6 is 0 Å². The van der Waals surface area contributed by atoms with E-state index in [9.17, 15) is 20.1 Å². The molecule has 1 amide bonds. The number of quaternary nitrogens is 1. The Morgan fingerprint density at radius 3 is 1.95 bits per heavy atom. The van der Waals surface area contributed by atoms with Gasteiger partial charge in [0.2, 0.25) is 0 Å². The molecule has 0 aromatic carbocycles. The average Bonchev–Trinajstić information content (AvgIpc) is 2.92. The molecule has 0 radical (unpaired) electrons. The highest BCUT2D eigenvalue weighted by atomic mass is 16.9. The van der Waals surface area contributed by atoms with E-state index in [-0.39, 0.29) is 11.7 Å². The van der Waals surface area contributed by atoms with Crippen LogP contribution in [-0.4, -0.2) is 66.8 Å². The van der Waals surface area contributed by atoms with Crippen molar-refractivity contribution in [3.63, 3.8) is 0 Å². The molecule has 2 rings (SSSR count). The van der Waals surface area contributed by atoms with Crippen LogP contribution in [0.3, 0.4) is 0 Å². The zero-order valence-corrected chi connectivity index (χ0v) is 22.7. The van der Waals surface area contributed by atoms with Gasteiger partial charge in [-0.25, -0.2) is 9.78 Å². The molecule has 10 nitrogen and oxygen atoms in total. The van der Waals surface area contributed by atoms with Crippen molar-refractivity contribution in [3.05, 3.63) is 39.2 Å². The largest absolute Gasteiger partial charge is 0.626 e. The molecule has 37 heavy (non-hydrogen) atoms. The molecule has 10 heteroatoms. The molecule has 1 aromatic rings. The van der Waals surface area contributed by atoms with Crippen LogP contribution in [0.2, 0.25) is 0 Å². The van der Waals surface area contributed by atoms with Crippen LogP contribution in [0.5, 0.6) is 0 Å². The number of anilines is 1. The van der Waals surface area contributed by atoms with Crippen molar-refractivity contribution in [3.8, 4) is 0 Å². The van der Waals surface area contributed by atoms with Crippen molar-refractivity contribution in [2.45, 2.75) is 90.4 Å². The van der Waals surface area contributed by atoms with E-state index in [0.29, 0.717) is 12.1 Å². The van der Waals surface area contributed by atoms with E-state index in [1.807, 2.05) is 6.07 Å². The van der Waals surface area contributed by atoms with Gasteiger partial charge in [0.25, 0.3) is 5.09 Å². The summed E-state index contributed by atoms with van der Waals surface area (Å²) in [7, 11) is 0. The summed E-state index contributed by atoms with van der Waals surface area (Å²) in [5.41, 5.74) is 0.393. The minimum atomic E-state index is -0.727. The maximum Gasteiger partial charge on any atom is 0.345 e. The molecule has 1 N–H and O–H groups in total. The van der Waals surface area contributed by atoms with E-state index in [1.54, 1.807) is 12.3 Å². The van der Waals surface area contributed by atoms with Gasteiger partial charge in [0.05, 0.1) is 18.7 Å². The van der Waals surface area contributed by atoms with Crippen molar-refractivity contribution in [2.24, 2.45) is 0 Å². The number of hydroxylamine groups is 2. The van der Waals surface area contributed by atoms with Gasteiger partial charge < -0.3 is 24.9 Å². The Balaban J connectivity index is 1.43. The van der Waals surface area contributed by atoms with Gasteiger partial charge in [-0.2, -0.15) is 0 Å². The smallest absolute Gasteiger partial charge is 0.345 e. The number of hydrogen-bond donors (Lipinski definition) is 1. The number of amides is 1. The van der Waals surface area contributed by atoms with Gasteiger partial charge in [-0.15, -0.1) is 10.1 Å². The SMILES string of the molecule is CCN1CCN(c2ccc(C(=O)[NH+]([O-])CCCCCCCCCCCCCCCO[N+](=O)[O-])cn2)CC1. The first-order valence-electron chi connectivity index (χ1n) is 14.3. The zero-order valence-electron chi connectivity index (χ0n) is 22.7. The Morgan fingerprint density at radius 2 is 1.46 bits per heavy atom. The highest BCUT2D eigenvalue weighted by Gasteiger charge is 2.19. The first-order chi connectivity index (χ1) is 18.0. The van der Waals surface area contributed by atoms with Crippen LogP contribution in [0.25, 0.3) is 0 Å². The molecule has 210 valence electrons. The van der Waals surface area contributed by atoms with E-state index in [1.165, 1.54) is 44.9 Å². The van der Waals surface area contributed by atoms with Crippen LogP contribution < -0.4 is 9.96 Å². The van der Waals surface area contributed by atoms with Gasteiger partial charge >= 0.3 is 5.91 Å². The summed E-state index contributed by atoms with van der Waals surface area (Å²) in [4.78, 5) is 35.9. The molecule has 1 unspecified atom stereocenters. The fourth-order valence-corrected chi connectivity index (χ4v) is 4.75. The molecule has 0 spiro atoms. The summed E-state index contributed by atoms with van der Waals surface area (Å²) in [5.74, 6) is 0.456. The summed E-state index contributed by atoms with van der Waals surface area (Å²) >= 11 is 0. The number of pyridine rings is 1. The second-order valence-electron chi connectivity index (χ2n) is 9.98. The fraction of sp³-hybridized carbons (Fsp3) is 0.778. The number of nitrogens with zero attached hydrogens (tertiary/aromatic N) is 4. The molecule has 0 saturated carbocycles. The number of carbonyl (C=O) groups excluding carboxylic acids is 1. The number of carbonyl (C=O) groups is 1. The predicted octanol–water partition coefficient (Wildman–Crippen LogP) is 4.03. The van der Waals surface area contributed by atoms with Gasteiger partial charge in [-0.05, 0) is 37.9 Å². The lowest BCUT2D eigenvalue weighted by molar-refractivity contribution is -0.757. The van der Waals surface area contributed by atoms with Crippen LogP contribution in [0.4, 0.5) is 5.82 Å². The predicted molar refractivity (Wildman–Crippen MR) is 145 cm³/mol. The minimum absolute atomic E-state index is 0.209. The van der Waals surface area contributed by atoms with Crippen LogP contribution in [0.1, 0.15) is 101 Å². The summed E-state index contributed by atoms with van der Waals surface area (Å²) in [5, 5.41) is 21.3. The second kappa shape index (κ2) is 18.9. The second-order valence-corrected chi connectivity index (χ2v) is 9.98. The Bertz CT molecular complexity index is 756. The van der Waals surface area contributed by atoms with Crippen molar-refractivity contribution in [1.82, 2.24) is 9.88 Å². The summed E-state index contributed by atoms with van der Waals surface area (Å²) in [6, 6.07) is 3.60. The van der Waals surface area contributed by atoms with Gasteiger partial charge in [-0.1, -0.05) is 71.1 Å². The number of likely N-dealkylation sites (N-methyl/N-ethyl adjacent to an activating group) is 1. The lowest BCUT2D eigenvalue weighted by atomic mass is 10.0. The molecule has 1 aliphatic rings. The molecule has 0 aliphatic carbocycles. The average molecular weight is 522 g/mol. The summed E-state index contributed by atoms with van der Waals surface area (Å²) in [6.45, 7) is 7.66. The van der Waals surface area contributed by atoms with Gasteiger partial charge in [0.15, 0.2) is 0 Å². The highest BCUT2D eigenvalue weighted by Crippen LogP contribution is 2.14. The summed E-state index contributed by atoms with van der Waals surface area (Å²) < 4.78 is 0. The minimum Gasteiger partial charge on any atom is -0.626 e. The summed E-state index contributed by atoms with van der Waals surface area (Å²) in [6.07, 6.45) is 15.8. The van der Waals surface area contributed by atoms with E-state index in [4.69, 9.17) is 0 Å². The van der Waals surface area contributed by atoms with Gasteiger partial charge in [-0.3, -0.25) is 0 Å². The molecule has 1 saturated heterocycles. The number of aromatic nitrogens is 1. The fourth-order valence-electron chi connectivity index (χ4n) is 4.75. The Labute approximate surface area is 222 Å². The maximum atomic E-state index is 12.5. The molecule has 0 bridgehead atoms. The Kier molecular flexibility index (Phi) is 15.8. The van der Waals surface area contributed by atoms with Crippen LogP contribution in [0, 0.1) is 15.3 Å². The quantitative estimate of drug-likeness (QED) is 0.155. The number of hydrogen-bond acceptors (Lipinski definition) is 8. The van der Waals surface area contributed by atoms with Crippen molar-refractivity contribution in [2.75, 3.05) is 50.8 Å². The van der Waals surface area contributed by atoms with Gasteiger partial charge in [0.1, 0.15) is 5.82 Å². The lowest BCUT2D eigenvalue weighted by Crippen LogP contribution is -3.10. The van der Waals surface area contributed by atoms with Crippen molar-refractivity contribution >= 4 is 11.7 Å². The van der Waals surface area contributed by atoms with E-state index >= 15 is 0 Å². The first-order valence-corrected chi connectivity index (χ1v) is 14.3. The van der Waals surface area contributed by atoms with E-state index < -0.39 is 11.0 Å². The van der Waals surface area contributed by atoms with Gasteiger partial charge in [0, 0.05) is 32.4 Å². The molecule has 1 aliphatic heterocycles. The number of piperazine rings is 1. The highest BCUT2D eigenvalue weighted by molar-refractivity contribution is 5.87. The monoisotopic (exact) mass is 521 g/mol. The number of unbranched alkanes of at least 4 members (excludes halogenated alkanes) is 12. The molecule has 1 atom stereocenters. The molecule has 1 fully saturated rings. The third kappa shape index (κ3) is 13.2. The number of rotatable bonds is 20. The topological polar surface area (TPSA) is 116 Å². The Hall–Kier alpha value is -2.30. The molecular formula is C27H47N5O5. The third-order valence-corrected chi connectivity index (χ3v) is 7.15. The molecular weight excluding hydrogens is 474 g/mol. The molecule has 1 aromatic heterocycles. The van der Waals surface area contributed by atoms with Crippen molar-refractivity contribution < 1.29 is 19.8 Å². The Morgan fingerprint density at radius 1 is 0.919 bits per heavy atom. The third-order valence-electron chi connectivity index (χ3n) is 7.15. The van der Waals surface area contributed by atoms with Crippen LogP contribution in [0.15, 0.2) is 18.3 Å². The molecule has 2 heterocycles. The maximum absolute atomic E-state index is 12.5. The lowest BCUT2D eigenvalue weighted by Gasteiger charge is -2.34. The van der Waals surface area contributed by atoms with Crippen LogP contribution in [-0.2, 0) is 4.84 Å². The van der Waals surface area contributed by atoms with E-state index in [0.717, 1.165) is 77.1 Å². The van der Waals surface area contributed by atoms with Crippen molar-refractivity contribution in [1.29, 1.82) is 0 Å². The zero-order chi connectivity index (χ0) is 26.7. The first kappa shape index (κ1) is 30.9. The van der Waals surface area contributed by atoms with E-state index in [2.05, 4.69) is 26.5 Å². The standard InChI is InChI=1S/C27H47N5O5/c1-2-29-19-21-30(22-20-29)26-17-16-25(24-28-26)27(33)31(34)18-14-12-10-8-6-4-3-5-7-9-11-13-15-23-37-32(35)36/h16-17,24,31H,2-15,18-23H2,1H3. The number of nitrogens with one attached hydrogen (secondary N) is 1. The normalized spacial score (nSPS) is 15.0.